The third-order valence-corrected chi connectivity index (χ3v) is 2.20. The summed E-state index contributed by atoms with van der Waals surface area (Å²) in [6, 6.07) is 0. The highest BCUT2D eigenvalue weighted by Gasteiger charge is 2.29. The topological polar surface area (TPSA) is 99.4 Å². The molecule has 0 spiro atoms. The molecule has 1 amide bonds. The van der Waals surface area contributed by atoms with E-state index in [0.29, 0.717) is 0 Å². The van der Waals surface area contributed by atoms with Gasteiger partial charge in [0.2, 0.25) is 11.8 Å². The number of halogens is 2. The molecule has 0 fully saturated rings. The molecule has 1 rings (SSSR count). The standard InChI is InChI=1S/C10H14F2N4O3/c1-18-8-6(9(19-2)16-5-15-8)7(17)14-4-10(11,12)3-13/h5H,3-4,13H2,1-2H3,(H,14,17). The van der Waals surface area contributed by atoms with Gasteiger partial charge in [0.15, 0.2) is 5.56 Å². The van der Waals surface area contributed by atoms with E-state index < -0.39 is 24.9 Å². The molecule has 0 radical (unpaired) electrons. The van der Waals surface area contributed by atoms with Crippen LogP contribution in [-0.4, -0.2) is 49.1 Å². The van der Waals surface area contributed by atoms with Crippen molar-refractivity contribution in [3.8, 4) is 11.8 Å². The molecule has 1 heterocycles. The summed E-state index contributed by atoms with van der Waals surface area (Å²) in [5, 5.41) is 2.03. The molecule has 0 aliphatic rings. The first kappa shape index (κ1) is 15.0. The van der Waals surface area contributed by atoms with Crippen LogP contribution in [0.2, 0.25) is 0 Å². The van der Waals surface area contributed by atoms with E-state index >= 15 is 0 Å². The number of hydrogen-bond donors (Lipinski definition) is 2. The Hall–Kier alpha value is -2.03. The fraction of sp³-hybridized carbons (Fsp3) is 0.500. The predicted molar refractivity (Wildman–Crippen MR) is 61.5 cm³/mol. The number of aromatic nitrogens is 2. The van der Waals surface area contributed by atoms with Crippen molar-refractivity contribution >= 4 is 5.91 Å². The number of alkyl halides is 2. The number of nitrogens with one attached hydrogen (secondary N) is 1. The fourth-order valence-corrected chi connectivity index (χ4v) is 1.23. The highest BCUT2D eigenvalue weighted by Crippen LogP contribution is 2.23. The highest BCUT2D eigenvalue weighted by atomic mass is 19.3. The largest absolute Gasteiger partial charge is 0.480 e. The third-order valence-electron chi connectivity index (χ3n) is 2.20. The van der Waals surface area contributed by atoms with Crippen LogP contribution in [0.4, 0.5) is 8.78 Å². The number of rotatable bonds is 6. The van der Waals surface area contributed by atoms with E-state index in [-0.39, 0.29) is 17.3 Å². The van der Waals surface area contributed by atoms with E-state index in [0.717, 1.165) is 6.33 Å². The highest BCUT2D eigenvalue weighted by molar-refractivity contribution is 5.98. The monoisotopic (exact) mass is 276 g/mol. The third kappa shape index (κ3) is 3.71. The second-order valence-corrected chi connectivity index (χ2v) is 3.51. The van der Waals surface area contributed by atoms with Gasteiger partial charge in [-0.1, -0.05) is 0 Å². The lowest BCUT2D eigenvalue weighted by Gasteiger charge is -2.15. The maximum Gasteiger partial charge on any atom is 0.277 e. The minimum absolute atomic E-state index is 0.0691. The molecule has 0 aliphatic heterocycles. The molecule has 0 aliphatic carbocycles. The van der Waals surface area contributed by atoms with E-state index in [2.05, 4.69) is 9.97 Å². The minimum atomic E-state index is -3.19. The Bertz CT molecular complexity index is 434. The number of carbonyl (C=O) groups excluding carboxylic acids is 1. The first-order valence-corrected chi connectivity index (χ1v) is 5.24. The van der Waals surface area contributed by atoms with Crippen LogP contribution in [0.25, 0.3) is 0 Å². The number of ether oxygens (including phenoxy) is 2. The summed E-state index contributed by atoms with van der Waals surface area (Å²) < 4.78 is 35.6. The average molecular weight is 276 g/mol. The summed E-state index contributed by atoms with van der Waals surface area (Å²) in [5.74, 6) is -4.16. The van der Waals surface area contributed by atoms with Crippen LogP contribution in [0.15, 0.2) is 6.33 Å². The Morgan fingerprint density at radius 1 is 1.37 bits per heavy atom. The zero-order valence-electron chi connectivity index (χ0n) is 10.4. The van der Waals surface area contributed by atoms with Crippen molar-refractivity contribution in [1.82, 2.24) is 15.3 Å². The van der Waals surface area contributed by atoms with Crippen LogP contribution in [0.5, 0.6) is 11.8 Å². The molecule has 19 heavy (non-hydrogen) atoms. The number of hydrogen-bond acceptors (Lipinski definition) is 6. The van der Waals surface area contributed by atoms with Gasteiger partial charge in [0, 0.05) is 0 Å². The van der Waals surface area contributed by atoms with Gasteiger partial charge in [-0.15, -0.1) is 0 Å². The molecule has 9 heteroatoms. The van der Waals surface area contributed by atoms with Crippen LogP contribution in [-0.2, 0) is 0 Å². The molecule has 7 nitrogen and oxygen atoms in total. The van der Waals surface area contributed by atoms with Gasteiger partial charge in [-0.05, 0) is 0 Å². The molecule has 1 aromatic heterocycles. The van der Waals surface area contributed by atoms with Crippen LogP contribution >= 0.6 is 0 Å². The molecule has 106 valence electrons. The Morgan fingerprint density at radius 2 is 1.89 bits per heavy atom. The van der Waals surface area contributed by atoms with Gasteiger partial charge in [-0.25, -0.2) is 18.7 Å². The lowest BCUT2D eigenvalue weighted by Crippen LogP contribution is -2.41. The number of carbonyl (C=O) groups is 1. The predicted octanol–water partition coefficient (Wildman–Crippen LogP) is -0.182. The molecular weight excluding hydrogens is 262 g/mol. The van der Waals surface area contributed by atoms with Crippen LogP contribution in [0, 0.1) is 0 Å². The molecule has 3 N–H and O–H groups in total. The van der Waals surface area contributed by atoms with E-state index in [1.807, 2.05) is 5.32 Å². The van der Waals surface area contributed by atoms with Crippen LogP contribution in [0.3, 0.4) is 0 Å². The normalized spacial score (nSPS) is 11.0. The number of amides is 1. The van der Waals surface area contributed by atoms with Gasteiger partial charge < -0.3 is 20.5 Å². The van der Waals surface area contributed by atoms with Crippen molar-refractivity contribution in [2.24, 2.45) is 5.73 Å². The van der Waals surface area contributed by atoms with Gasteiger partial charge in [-0.3, -0.25) is 4.79 Å². The van der Waals surface area contributed by atoms with Gasteiger partial charge in [0.05, 0.1) is 27.3 Å². The molecule has 0 aromatic carbocycles. The molecule has 0 bridgehead atoms. The smallest absolute Gasteiger partial charge is 0.277 e. The summed E-state index contributed by atoms with van der Waals surface area (Å²) in [5.41, 5.74) is 4.72. The van der Waals surface area contributed by atoms with Crippen molar-refractivity contribution in [3.05, 3.63) is 11.9 Å². The van der Waals surface area contributed by atoms with Crippen molar-refractivity contribution in [3.63, 3.8) is 0 Å². The number of methoxy groups -OCH3 is 2. The number of nitrogens with two attached hydrogens (primary N) is 1. The Morgan fingerprint density at radius 3 is 2.32 bits per heavy atom. The molecule has 1 aromatic rings. The van der Waals surface area contributed by atoms with E-state index in [1.165, 1.54) is 14.2 Å². The quantitative estimate of drug-likeness (QED) is 0.747. The van der Waals surface area contributed by atoms with Gasteiger partial charge in [-0.2, -0.15) is 0 Å². The SMILES string of the molecule is COc1ncnc(OC)c1C(=O)NCC(F)(F)CN. The van der Waals surface area contributed by atoms with E-state index in [9.17, 15) is 13.6 Å². The summed E-state index contributed by atoms with van der Waals surface area (Å²) in [6.07, 6.45) is 1.13. The maximum atomic E-state index is 13.0. The Labute approximate surface area is 108 Å². The summed E-state index contributed by atoms with van der Waals surface area (Å²) in [6.45, 7) is -1.77. The van der Waals surface area contributed by atoms with E-state index in [4.69, 9.17) is 15.2 Å². The van der Waals surface area contributed by atoms with Crippen molar-refractivity contribution in [1.29, 1.82) is 0 Å². The van der Waals surface area contributed by atoms with Crippen LogP contribution < -0.4 is 20.5 Å². The average Bonchev–Trinajstić information content (AvgIpc) is 2.43. The molecule has 0 unspecified atom stereocenters. The summed E-state index contributed by atoms with van der Waals surface area (Å²) in [4.78, 5) is 19.3. The second-order valence-electron chi connectivity index (χ2n) is 3.51. The summed E-state index contributed by atoms with van der Waals surface area (Å²) >= 11 is 0. The van der Waals surface area contributed by atoms with Crippen molar-refractivity contribution < 1.29 is 23.0 Å². The Kier molecular flexibility index (Phi) is 4.93. The van der Waals surface area contributed by atoms with Gasteiger partial charge in [0.25, 0.3) is 11.8 Å². The van der Waals surface area contributed by atoms with Crippen molar-refractivity contribution in [2.75, 3.05) is 27.3 Å². The first-order chi connectivity index (χ1) is 8.95. The first-order valence-electron chi connectivity index (χ1n) is 5.24. The lowest BCUT2D eigenvalue weighted by molar-refractivity contribution is 0.0118. The zero-order valence-corrected chi connectivity index (χ0v) is 10.4. The molecule has 0 saturated heterocycles. The zero-order chi connectivity index (χ0) is 14.5. The minimum Gasteiger partial charge on any atom is -0.480 e. The Balaban J connectivity index is 2.93. The molecule has 0 saturated carbocycles. The van der Waals surface area contributed by atoms with Crippen LogP contribution in [0.1, 0.15) is 10.4 Å². The van der Waals surface area contributed by atoms with Gasteiger partial charge in [0.1, 0.15) is 6.33 Å². The van der Waals surface area contributed by atoms with Gasteiger partial charge >= 0.3 is 0 Å². The molecule has 0 atom stereocenters. The maximum absolute atomic E-state index is 13.0. The molecular formula is C10H14F2N4O3. The van der Waals surface area contributed by atoms with E-state index in [1.54, 1.807) is 0 Å². The second kappa shape index (κ2) is 6.23. The van der Waals surface area contributed by atoms with Crippen molar-refractivity contribution in [2.45, 2.75) is 5.92 Å². The fourth-order valence-electron chi connectivity index (χ4n) is 1.23. The summed E-state index contributed by atoms with van der Waals surface area (Å²) in [7, 11) is 2.57. The number of nitrogens with zero attached hydrogens (tertiary/aromatic N) is 2. The lowest BCUT2D eigenvalue weighted by atomic mass is 10.2.